The molecular formula is C12H14BrClN2O. The summed E-state index contributed by atoms with van der Waals surface area (Å²) in [6, 6.07) is 5.22. The number of benzene rings is 1. The quantitative estimate of drug-likeness (QED) is 0.897. The van der Waals surface area contributed by atoms with Crippen molar-refractivity contribution in [3.8, 4) is 0 Å². The summed E-state index contributed by atoms with van der Waals surface area (Å²) in [6.07, 6.45) is 2.31. The number of carbonyl (C=O) groups excluding carboxylic acids is 1. The molecule has 1 atom stereocenters. The molecule has 1 aliphatic carbocycles. The van der Waals surface area contributed by atoms with Crippen LogP contribution < -0.4 is 11.1 Å². The molecule has 1 amide bonds. The molecule has 1 aromatic rings. The highest BCUT2D eigenvalue weighted by molar-refractivity contribution is 9.10. The van der Waals surface area contributed by atoms with Gasteiger partial charge in [0, 0.05) is 22.1 Å². The first-order chi connectivity index (χ1) is 8.11. The number of nitrogens with one attached hydrogen (secondary N) is 1. The van der Waals surface area contributed by atoms with Gasteiger partial charge in [-0.05, 0) is 52.9 Å². The van der Waals surface area contributed by atoms with E-state index in [-0.39, 0.29) is 11.9 Å². The van der Waals surface area contributed by atoms with Crippen LogP contribution in [0.2, 0.25) is 5.02 Å². The van der Waals surface area contributed by atoms with Crippen molar-refractivity contribution in [2.45, 2.75) is 18.9 Å². The van der Waals surface area contributed by atoms with Crippen LogP contribution in [-0.4, -0.2) is 18.5 Å². The molecule has 0 radical (unpaired) electrons. The summed E-state index contributed by atoms with van der Waals surface area (Å²) in [5.41, 5.74) is 6.25. The number of carbonyl (C=O) groups is 1. The van der Waals surface area contributed by atoms with Crippen LogP contribution in [0.3, 0.4) is 0 Å². The highest BCUT2D eigenvalue weighted by Gasteiger charge is 2.31. The minimum absolute atomic E-state index is 0.0880. The normalized spacial score (nSPS) is 16.6. The van der Waals surface area contributed by atoms with E-state index in [1.165, 1.54) is 0 Å². The third kappa shape index (κ3) is 3.21. The number of rotatable bonds is 4. The van der Waals surface area contributed by atoms with E-state index in [1.54, 1.807) is 18.2 Å². The maximum Gasteiger partial charge on any atom is 0.252 e. The van der Waals surface area contributed by atoms with Gasteiger partial charge in [-0.1, -0.05) is 11.6 Å². The Morgan fingerprint density at radius 3 is 2.82 bits per heavy atom. The van der Waals surface area contributed by atoms with E-state index in [2.05, 4.69) is 21.2 Å². The molecule has 0 spiro atoms. The van der Waals surface area contributed by atoms with Gasteiger partial charge in [-0.15, -0.1) is 0 Å². The van der Waals surface area contributed by atoms with Gasteiger partial charge >= 0.3 is 0 Å². The Balaban J connectivity index is 2.08. The van der Waals surface area contributed by atoms with E-state index in [0.29, 0.717) is 27.5 Å². The van der Waals surface area contributed by atoms with Crippen LogP contribution in [0.25, 0.3) is 0 Å². The predicted molar refractivity (Wildman–Crippen MR) is 72.2 cm³/mol. The molecule has 0 bridgehead atoms. The number of amides is 1. The Morgan fingerprint density at radius 2 is 2.29 bits per heavy atom. The first-order valence-corrected chi connectivity index (χ1v) is 6.75. The summed E-state index contributed by atoms with van der Waals surface area (Å²) in [6.45, 7) is 0.488. The van der Waals surface area contributed by atoms with Crippen molar-refractivity contribution in [2.75, 3.05) is 6.54 Å². The second-order valence-corrected chi connectivity index (χ2v) is 5.57. The van der Waals surface area contributed by atoms with Crippen molar-refractivity contribution >= 4 is 33.4 Å². The summed E-state index contributed by atoms with van der Waals surface area (Å²) < 4.78 is 0.703. The van der Waals surface area contributed by atoms with Gasteiger partial charge in [0.2, 0.25) is 0 Å². The summed E-state index contributed by atoms with van der Waals surface area (Å²) in [4.78, 5) is 12.0. The maximum absolute atomic E-state index is 12.0. The predicted octanol–water partition coefficient (Wildman–Crippen LogP) is 2.57. The highest BCUT2D eigenvalue weighted by Crippen LogP contribution is 2.32. The Morgan fingerprint density at radius 1 is 1.59 bits per heavy atom. The lowest BCUT2D eigenvalue weighted by Crippen LogP contribution is -2.41. The molecule has 1 unspecified atom stereocenters. The van der Waals surface area contributed by atoms with Gasteiger partial charge in [0.05, 0.1) is 5.56 Å². The molecule has 0 heterocycles. The lowest BCUT2D eigenvalue weighted by Gasteiger charge is -2.16. The zero-order valence-corrected chi connectivity index (χ0v) is 11.6. The minimum Gasteiger partial charge on any atom is -0.348 e. The van der Waals surface area contributed by atoms with Crippen LogP contribution in [0.15, 0.2) is 22.7 Å². The van der Waals surface area contributed by atoms with E-state index >= 15 is 0 Å². The van der Waals surface area contributed by atoms with Crippen LogP contribution in [0, 0.1) is 5.92 Å². The lowest BCUT2D eigenvalue weighted by molar-refractivity contribution is 0.0932. The number of halogens is 2. The van der Waals surface area contributed by atoms with Crippen molar-refractivity contribution in [3.63, 3.8) is 0 Å². The van der Waals surface area contributed by atoms with Crippen LogP contribution in [-0.2, 0) is 0 Å². The lowest BCUT2D eigenvalue weighted by atomic mass is 10.1. The molecule has 1 saturated carbocycles. The molecule has 0 saturated heterocycles. The fourth-order valence-corrected chi connectivity index (χ4v) is 2.65. The van der Waals surface area contributed by atoms with Crippen molar-refractivity contribution in [1.82, 2.24) is 5.32 Å². The van der Waals surface area contributed by atoms with Gasteiger partial charge in [0.15, 0.2) is 0 Å². The van der Waals surface area contributed by atoms with Crippen molar-refractivity contribution in [3.05, 3.63) is 33.3 Å². The molecular weight excluding hydrogens is 304 g/mol. The Hall–Kier alpha value is -0.580. The Kier molecular flexibility index (Phi) is 4.07. The third-order valence-electron chi connectivity index (χ3n) is 2.94. The van der Waals surface area contributed by atoms with Gasteiger partial charge in [0.25, 0.3) is 5.91 Å². The van der Waals surface area contributed by atoms with Crippen molar-refractivity contribution < 1.29 is 4.79 Å². The molecule has 0 aliphatic heterocycles. The maximum atomic E-state index is 12.0. The topological polar surface area (TPSA) is 55.1 Å². The molecule has 1 aliphatic rings. The molecule has 1 fully saturated rings. The molecule has 0 aromatic heterocycles. The van der Waals surface area contributed by atoms with Crippen LogP contribution in [0.5, 0.6) is 0 Å². The SMILES string of the molecule is NCC(NC(=O)c1ccc(Cl)cc1Br)C1CC1. The zero-order valence-electron chi connectivity index (χ0n) is 9.25. The third-order valence-corrected chi connectivity index (χ3v) is 3.83. The van der Waals surface area contributed by atoms with E-state index < -0.39 is 0 Å². The molecule has 2 rings (SSSR count). The van der Waals surface area contributed by atoms with Crippen LogP contribution >= 0.6 is 27.5 Å². The largest absolute Gasteiger partial charge is 0.348 e. The monoisotopic (exact) mass is 316 g/mol. The molecule has 3 nitrogen and oxygen atoms in total. The van der Waals surface area contributed by atoms with E-state index in [1.807, 2.05) is 0 Å². The average molecular weight is 318 g/mol. The second-order valence-electron chi connectivity index (χ2n) is 4.28. The number of hydrogen-bond acceptors (Lipinski definition) is 2. The summed E-state index contributed by atoms with van der Waals surface area (Å²) >= 11 is 9.17. The van der Waals surface area contributed by atoms with Crippen molar-refractivity contribution in [2.24, 2.45) is 11.7 Å². The highest BCUT2D eigenvalue weighted by atomic mass is 79.9. The average Bonchev–Trinajstić information content (AvgIpc) is 3.09. The summed E-state index contributed by atoms with van der Waals surface area (Å²) in [7, 11) is 0. The van der Waals surface area contributed by atoms with Gasteiger partial charge < -0.3 is 11.1 Å². The van der Waals surface area contributed by atoms with Gasteiger partial charge in [-0.3, -0.25) is 4.79 Å². The molecule has 5 heteroatoms. The minimum atomic E-state index is -0.101. The molecule has 1 aromatic carbocycles. The van der Waals surface area contributed by atoms with Crippen LogP contribution in [0.4, 0.5) is 0 Å². The molecule has 92 valence electrons. The Labute approximate surface area is 114 Å². The zero-order chi connectivity index (χ0) is 12.4. The van der Waals surface area contributed by atoms with Gasteiger partial charge in [0.1, 0.15) is 0 Å². The fraction of sp³-hybridized carbons (Fsp3) is 0.417. The first kappa shape index (κ1) is 12.9. The fourth-order valence-electron chi connectivity index (χ4n) is 1.79. The standard InChI is InChI=1S/C12H14BrClN2O/c13-10-5-8(14)3-4-9(10)12(17)16-11(6-15)7-1-2-7/h3-5,7,11H,1-2,6,15H2,(H,16,17). The molecule has 17 heavy (non-hydrogen) atoms. The van der Waals surface area contributed by atoms with Crippen molar-refractivity contribution in [1.29, 1.82) is 0 Å². The first-order valence-electron chi connectivity index (χ1n) is 5.58. The number of nitrogens with two attached hydrogens (primary N) is 1. The van der Waals surface area contributed by atoms with Gasteiger partial charge in [-0.2, -0.15) is 0 Å². The van der Waals surface area contributed by atoms with E-state index in [9.17, 15) is 4.79 Å². The summed E-state index contributed by atoms with van der Waals surface area (Å²) in [5, 5.41) is 3.57. The number of hydrogen-bond donors (Lipinski definition) is 2. The van der Waals surface area contributed by atoms with Crippen LogP contribution in [0.1, 0.15) is 23.2 Å². The van der Waals surface area contributed by atoms with E-state index in [0.717, 1.165) is 12.8 Å². The summed E-state index contributed by atoms with van der Waals surface area (Å²) in [5.74, 6) is 0.450. The molecule has 3 N–H and O–H groups in total. The second kappa shape index (κ2) is 5.38. The van der Waals surface area contributed by atoms with E-state index in [4.69, 9.17) is 17.3 Å². The van der Waals surface area contributed by atoms with Gasteiger partial charge in [-0.25, -0.2) is 0 Å². The smallest absolute Gasteiger partial charge is 0.252 e. The Bertz CT molecular complexity index is 435.